The molecule has 0 aromatic heterocycles. The molecule has 0 aromatic rings. The van der Waals surface area contributed by atoms with Crippen molar-refractivity contribution in [3.63, 3.8) is 0 Å². The first kappa shape index (κ1) is 12.0. The molecule has 2 unspecified atom stereocenters. The van der Waals surface area contributed by atoms with E-state index in [9.17, 15) is 4.39 Å². The van der Waals surface area contributed by atoms with Crippen molar-refractivity contribution < 1.29 is 4.39 Å². The highest BCUT2D eigenvalue weighted by molar-refractivity contribution is 4.92. The van der Waals surface area contributed by atoms with Gasteiger partial charge in [0.15, 0.2) is 0 Å². The molecular formula is C12H24FN. The fourth-order valence-corrected chi connectivity index (χ4v) is 2.44. The van der Waals surface area contributed by atoms with E-state index >= 15 is 0 Å². The molecule has 14 heavy (non-hydrogen) atoms. The fourth-order valence-electron chi connectivity index (χ4n) is 2.44. The molecule has 2 atom stereocenters. The standard InChI is InChI=1S/C12H24FN/c1-4-9(2)10(3)12(13)7-5-11(14)6-8-12/h9-11H,4-8,14H2,1-3H3. The lowest BCUT2D eigenvalue weighted by molar-refractivity contribution is 0.0155. The monoisotopic (exact) mass is 201 g/mol. The van der Waals surface area contributed by atoms with Gasteiger partial charge in [-0.25, -0.2) is 4.39 Å². The maximum absolute atomic E-state index is 14.5. The molecule has 0 saturated heterocycles. The van der Waals surface area contributed by atoms with Crippen LogP contribution in [0.15, 0.2) is 0 Å². The molecule has 84 valence electrons. The second kappa shape index (κ2) is 4.61. The first-order valence-corrected chi connectivity index (χ1v) is 5.94. The third kappa shape index (κ3) is 2.47. The van der Waals surface area contributed by atoms with Gasteiger partial charge >= 0.3 is 0 Å². The Bertz CT molecular complexity index is 173. The van der Waals surface area contributed by atoms with E-state index in [2.05, 4.69) is 20.8 Å². The zero-order valence-corrected chi connectivity index (χ0v) is 9.72. The van der Waals surface area contributed by atoms with Crippen molar-refractivity contribution >= 4 is 0 Å². The maximum atomic E-state index is 14.5. The molecule has 1 aliphatic rings. The highest BCUT2D eigenvalue weighted by Gasteiger charge is 2.40. The molecule has 0 heterocycles. The smallest absolute Gasteiger partial charge is 0.114 e. The van der Waals surface area contributed by atoms with Gasteiger partial charge in [-0.15, -0.1) is 0 Å². The van der Waals surface area contributed by atoms with Crippen LogP contribution in [0.25, 0.3) is 0 Å². The van der Waals surface area contributed by atoms with Crippen molar-refractivity contribution in [2.75, 3.05) is 0 Å². The van der Waals surface area contributed by atoms with Crippen LogP contribution in [0, 0.1) is 11.8 Å². The van der Waals surface area contributed by atoms with Gasteiger partial charge in [0.2, 0.25) is 0 Å². The lowest BCUT2D eigenvalue weighted by atomic mass is 9.71. The van der Waals surface area contributed by atoms with Crippen molar-refractivity contribution in [3.05, 3.63) is 0 Å². The lowest BCUT2D eigenvalue weighted by Gasteiger charge is -2.39. The largest absolute Gasteiger partial charge is 0.328 e. The van der Waals surface area contributed by atoms with Crippen LogP contribution in [-0.2, 0) is 0 Å². The predicted molar refractivity (Wildman–Crippen MR) is 58.9 cm³/mol. The Labute approximate surface area is 87.3 Å². The van der Waals surface area contributed by atoms with Gasteiger partial charge in [0.1, 0.15) is 5.67 Å². The molecule has 0 aromatic carbocycles. The number of halogens is 1. The van der Waals surface area contributed by atoms with Crippen LogP contribution < -0.4 is 5.73 Å². The molecule has 0 aliphatic heterocycles. The fraction of sp³-hybridized carbons (Fsp3) is 1.00. The molecule has 1 rings (SSSR count). The second-order valence-electron chi connectivity index (χ2n) is 5.05. The summed E-state index contributed by atoms with van der Waals surface area (Å²) in [5, 5.41) is 0. The van der Waals surface area contributed by atoms with E-state index in [-0.39, 0.29) is 12.0 Å². The Morgan fingerprint density at radius 1 is 1.36 bits per heavy atom. The summed E-state index contributed by atoms with van der Waals surface area (Å²) in [6.45, 7) is 6.35. The van der Waals surface area contributed by atoms with E-state index in [1.54, 1.807) is 0 Å². The Morgan fingerprint density at radius 2 is 1.86 bits per heavy atom. The van der Waals surface area contributed by atoms with Gasteiger partial charge in [-0.1, -0.05) is 27.2 Å². The summed E-state index contributed by atoms with van der Waals surface area (Å²) in [5.41, 5.74) is 4.86. The van der Waals surface area contributed by atoms with Gasteiger partial charge < -0.3 is 5.73 Å². The minimum absolute atomic E-state index is 0.181. The van der Waals surface area contributed by atoms with Crippen LogP contribution >= 0.6 is 0 Å². The average Bonchev–Trinajstić information content (AvgIpc) is 2.20. The van der Waals surface area contributed by atoms with E-state index in [1.165, 1.54) is 0 Å². The lowest BCUT2D eigenvalue weighted by Crippen LogP contribution is -2.42. The van der Waals surface area contributed by atoms with Crippen LogP contribution in [0.4, 0.5) is 4.39 Å². The molecule has 0 spiro atoms. The Morgan fingerprint density at radius 3 is 2.29 bits per heavy atom. The van der Waals surface area contributed by atoms with Gasteiger partial charge in [-0.2, -0.15) is 0 Å². The number of nitrogens with two attached hydrogens (primary N) is 1. The molecule has 1 saturated carbocycles. The average molecular weight is 201 g/mol. The highest BCUT2D eigenvalue weighted by Crippen LogP contribution is 2.41. The van der Waals surface area contributed by atoms with Gasteiger partial charge in [0.25, 0.3) is 0 Å². The van der Waals surface area contributed by atoms with Gasteiger partial charge in [-0.05, 0) is 37.5 Å². The maximum Gasteiger partial charge on any atom is 0.114 e. The zero-order valence-electron chi connectivity index (χ0n) is 9.72. The SMILES string of the molecule is CCC(C)C(C)C1(F)CCC(N)CC1. The minimum atomic E-state index is -0.939. The first-order chi connectivity index (χ1) is 6.49. The number of hydrogen-bond donors (Lipinski definition) is 1. The summed E-state index contributed by atoms with van der Waals surface area (Å²) in [5.74, 6) is 0.661. The molecule has 2 N–H and O–H groups in total. The van der Waals surface area contributed by atoms with E-state index in [1.807, 2.05) is 0 Å². The quantitative estimate of drug-likeness (QED) is 0.745. The van der Waals surface area contributed by atoms with Crippen molar-refractivity contribution in [2.45, 2.75) is 64.6 Å². The van der Waals surface area contributed by atoms with Gasteiger partial charge in [0, 0.05) is 6.04 Å². The van der Waals surface area contributed by atoms with Crippen molar-refractivity contribution in [1.29, 1.82) is 0 Å². The summed E-state index contributed by atoms with van der Waals surface area (Å²) in [7, 11) is 0. The number of rotatable bonds is 3. The van der Waals surface area contributed by atoms with E-state index in [0.29, 0.717) is 18.8 Å². The molecule has 0 radical (unpaired) electrons. The molecule has 0 bridgehead atoms. The summed E-state index contributed by atoms with van der Waals surface area (Å²) in [6.07, 6.45) is 4.12. The molecule has 1 fully saturated rings. The van der Waals surface area contributed by atoms with E-state index in [4.69, 9.17) is 5.73 Å². The van der Waals surface area contributed by atoms with Crippen LogP contribution in [0.3, 0.4) is 0 Å². The molecule has 1 aliphatic carbocycles. The van der Waals surface area contributed by atoms with Crippen molar-refractivity contribution in [1.82, 2.24) is 0 Å². The van der Waals surface area contributed by atoms with E-state index in [0.717, 1.165) is 19.3 Å². The molecular weight excluding hydrogens is 177 g/mol. The van der Waals surface area contributed by atoms with Gasteiger partial charge in [-0.3, -0.25) is 0 Å². The topological polar surface area (TPSA) is 26.0 Å². The Hall–Kier alpha value is -0.110. The van der Waals surface area contributed by atoms with Crippen LogP contribution in [0.1, 0.15) is 52.9 Å². The third-order valence-corrected chi connectivity index (χ3v) is 4.18. The van der Waals surface area contributed by atoms with Crippen LogP contribution in [0.2, 0.25) is 0 Å². The molecule has 2 heteroatoms. The zero-order chi connectivity index (χ0) is 10.8. The van der Waals surface area contributed by atoms with Crippen molar-refractivity contribution in [3.8, 4) is 0 Å². The predicted octanol–water partition coefficient (Wildman–Crippen LogP) is 3.28. The normalized spacial score (nSPS) is 37.9. The Kier molecular flexibility index (Phi) is 3.94. The van der Waals surface area contributed by atoms with E-state index < -0.39 is 5.67 Å². The number of alkyl halides is 1. The van der Waals surface area contributed by atoms with Crippen LogP contribution in [0.5, 0.6) is 0 Å². The highest BCUT2D eigenvalue weighted by atomic mass is 19.1. The second-order valence-corrected chi connectivity index (χ2v) is 5.05. The third-order valence-electron chi connectivity index (χ3n) is 4.18. The summed E-state index contributed by atoms with van der Waals surface area (Å²) in [4.78, 5) is 0. The van der Waals surface area contributed by atoms with Crippen molar-refractivity contribution in [2.24, 2.45) is 17.6 Å². The summed E-state index contributed by atoms with van der Waals surface area (Å²) in [6, 6.07) is 0.239. The summed E-state index contributed by atoms with van der Waals surface area (Å²) < 4.78 is 14.5. The molecule has 0 amide bonds. The number of hydrogen-bond acceptors (Lipinski definition) is 1. The van der Waals surface area contributed by atoms with Gasteiger partial charge in [0.05, 0.1) is 0 Å². The first-order valence-electron chi connectivity index (χ1n) is 5.94. The summed E-state index contributed by atoms with van der Waals surface area (Å²) >= 11 is 0. The van der Waals surface area contributed by atoms with Crippen LogP contribution in [-0.4, -0.2) is 11.7 Å². The Balaban J connectivity index is 2.56. The molecule has 1 nitrogen and oxygen atoms in total. The minimum Gasteiger partial charge on any atom is -0.328 e.